The van der Waals surface area contributed by atoms with Gasteiger partial charge in [0.25, 0.3) is 11.8 Å². The van der Waals surface area contributed by atoms with Crippen LogP contribution in [0.15, 0.2) is 47.2 Å². The Balaban J connectivity index is 1.32. The van der Waals surface area contributed by atoms with E-state index in [1.165, 1.54) is 28.8 Å². The first-order valence-electron chi connectivity index (χ1n) is 11.8. The van der Waals surface area contributed by atoms with Gasteiger partial charge in [-0.2, -0.15) is 5.10 Å². The van der Waals surface area contributed by atoms with Crippen molar-refractivity contribution < 1.29 is 28.7 Å². The lowest BCUT2D eigenvalue weighted by molar-refractivity contribution is -0.165. The molecule has 1 aliphatic heterocycles. The smallest absolute Gasteiger partial charge is 0.260 e. The average Bonchev–Trinajstić information content (AvgIpc) is 3.51. The van der Waals surface area contributed by atoms with Gasteiger partial charge in [0, 0.05) is 30.1 Å². The van der Waals surface area contributed by atoms with E-state index in [2.05, 4.69) is 25.8 Å². The van der Waals surface area contributed by atoms with Crippen molar-refractivity contribution in [3.05, 3.63) is 42.7 Å². The van der Waals surface area contributed by atoms with Crippen LogP contribution in [0.4, 0.5) is 17.3 Å². The van der Waals surface area contributed by atoms with E-state index in [0.717, 1.165) is 0 Å². The van der Waals surface area contributed by atoms with Crippen LogP contribution in [0.1, 0.15) is 20.8 Å². The molecule has 1 fully saturated rings. The maximum atomic E-state index is 13.4. The Labute approximate surface area is 216 Å². The molecule has 1 unspecified atom stereocenters. The van der Waals surface area contributed by atoms with Gasteiger partial charge in [-0.3, -0.25) is 14.5 Å². The minimum Gasteiger partial charge on any atom is -0.474 e. The van der Waals surface area contributed by atoms with Gasteiger partial charge < -0.3 is 30.2 Å². The molecule has 1 saturated heterocycles. The minimum absolute atomic E-state index is 0.0792. The summed E-state index contributed by atoms with van der Waals surface area (Å²) >= 11 is 0. The van der Waals surface area contributed by atoms with E-state index in [-0.39, 0.29) is 25.1 Å². The molecule has 4 aromatic rings. The lowest BCUT2D eigenvalue weighted by atomic mass is 9.95. The van der Waals surface area contributed by atoms with Gasteiger partial charge in [-0.15, -0.1) is 10.2 Å². The van der Waals surface area contributed by atoms with Crippen LogP contribution in [0, 0.1) is 0 Å². The number of carbonyl (C=O) groups is 2. The highest BCUT2D eigenvalue weighted by Crippen LogP contribution is 2.27. The van der Waals surface area contributed by atoms with Crippen molar-refractivity contribution in [2.24, 2.45) is 0 Å². The SMILES string of the molecule is CC(C)Oc1cc(-n2ccc(N3CCO[C@H](C(C)(O)C(=O)Nc4ccc5c(N)noc5c4)C3=O)n2)cnn1. The third kappa shape index (κ3) is 4.73. The van der Waals surface area contributed by atoms with Gasteiger partial charge in [-0.05, 0) is 32.9 Å². The first kappa shape index (κ1) is 25.1. The molecular formula is C24H26N8O6. The van der Waals surface area contributed by atoms with E-state index in [4.69, 9.17) is 19.7 Å². The molecule has 5 rings (SSSR count). The van der Waals surface area contributed by atoms with Crippen molar-refractivity contribution in [2.45, 2.75) is 38.6 Å². The Kier molecular flexibility index (Phi) is 6.42. The highest BCUT2D eigenvalue weighted by atomic mass is 16.5. The summed E-state index contributed by atoms with van der Waals surface area (Å²) in [4.78, 5) is 27.8. The molecule has 0 aliphatic carbocycles. The molecule has 14 nitrogen and oxygen atoms in total. The number of aliphatic hydroxyl groups is 1. The summed E-state index contributed by atoms with van der Waals surface area (Å²) in [7, 11) is 0. The maximum Gasteiger partial charge on any atom is 0.260 e. The van der Waals surface area contributed by atoms with E-state index < -0.39 is 23.5 Å². The third-order valence-electron chi connectivity index (χ3n) is 5.91. The Morgan fingerprint density at radius 2 is 2.13 bits per heavy atom. The van der Waals surface area contributed by atoms with Gasteiger partial charge in [-0.25, -0.2) is 4.68 Å². The number of carbonyl (C=O) groups excluding carboxylic acids is 2. The maximum absolute atomic E-state index is 13.4. The lowest BCUT2D eigenvalue weighted by Crippen LogP contribution is -2.61. The topological polar surface area (TPSA) is 184 Å². The molecule has 4 heterocycles. The quantitative estimate of drug-likeness (QED) is 0.318. The van der Waals surface area contributed by atoms with Crippen LogP contribution in [-0.4, -0.2) is 73.0 Å². The van der Waals surface area contributed by atoms with Gasteiger partial charge in [0.05, 0.1) is 36.5 Å². The van der Waals surface area contributed by atoms with Gasteiger partial charge in [0.2, 0.25) is 5.88 Å². The van der Waals surface area contributed by atoms with Crippen LogP contribution < -0.4 is 20.7 Å². The number of rotatable bonds is 7. The van der Waals surface area contributed by atoms with E-state index in [1.54, 1.807) is 30.5 Å². The van der Waals surface area contributed by atoms with Crippen LogP contribution in [0.5, 0.6) is 5.88 Å². The Morgan fingerprint density at radius 1 is 1.32 bits per heavy atom. The highest BCUT2D eigenvalue weighted by molar-refractivity contribution is 6.06. The zero-order valence-electron chi connectivity index (χ0n) is 20.9. The predicted octanol–water partition coefficient (Wildman–Crippen LogP) is 1.29. The van der Waals surface area contributed by atoms with Gasteiger partial charge in [0.1, 0.15) is 0 Å². The number of aromatic nitrogens is 5. The van der Waals surface area contributed by atoms with Crippen molar-refractivity contribution in [3.8, 4) is 11.6 Å². The Bertz CT molecular complexity index is 1500. The molecular weight excluding hydrogens is 496 g/mol. The second kappa shape index (κ2) is 9.72. The monoisotopic (exact) mass is 522 g/mol. The second-order valence-electron chi connectivity index (χ2n) is 9.16. The number of nitrogens with zero attached hydrogens (tertiary/aromatic N) is 6. The fourth-order valence-electron chi connectivity index (χ4n) is 3.99. The van der Waals surface area contributed by atoms with Crippen LogP contribution in [0.2, 0.25) is 0 Å². The predicted molar refractivity (Wildman–Crippen MR) is 135 cm³/mol. The summed E-state index contributed by atoms with van der Waals surface area (Å²) in [6, 6.07) is 8.03. The summed E-state index contributed by atoms with van der Waals surface area (Å²) in [6.07, 6.45) is 1.61. The van der Waals surface area contributed by atoms with E-state index in [0.29, 0.717) is 34.0 Å². The third-order valence-corrected chi connectivity index (χ3v) is 5.91. The van der Waals surface area contributed by atoms with E-state index >= 15 is 0 Å². The van der Waals surface area contributed by atoms with E-state index in [9.17, 15) is 14.7 Å². The normalized spacial score (nSPS) is 17.6. The number of nitrogens with one attached hydrogen (secondary N) is 1. The molecule has 1 aliphatic rings. The molecule has 2 amide bonds. The Hall–Kier alpha value is -4.56. The van der Waals surface area contributed by atoms with Gasteiger partial charge in [-0.1, -0.05) is 5.16 Å². The largest absolute Gasteiger partial charge is 0.474 e. The zero-order chi connectivity index (χ0) is 27.0. The molecule has 1 aromatic carbocycles. The molecule has 0 bridgehead atoms. The summed E-state index contributed by atoms with van der Waals surface area (Å²) in [5.74, 6) is -0.577. The van der Waals surface area contributed by atoms with Gasteiger partial charge >= 0.3 is 0 Å². The van der Waals surface area contributed by atoms with Crippen molar-refractivity contribution in [1.29, 1.82) is 0 Å². The zero-order valence-corrected chi connectivity index (χ0v) is 20.9. The summed E-state index contributed by atoms with van der Waals surface area (Å²) in [5, 5.41) is 30.3. The number of hydrogen-bond acceptors (Lipinski definition) is 11. The van der Waals surface area contributed by atoms with Crippen LogP contribution in [0.3, 0.4) is 0 Å². The van der Waals surface area contributed by atoms with Crippen molar-refractivity contribution in [1.82, 2.24) is 25.1 Å². The summed E-state index contributed by atoms with van der Waals surface area (Å²) in [5.41, 5.74) is 4.78. The number of morpholine rings is 1. The summed E-state index contributed by atoms with van der Waals surface area (Å²) in [6.45, 7) is 5.24. The highest BCUT2D eigenvalue weighted by Gasteiger charge is 2.49. The fraction of sp³-hybridized carbons (Fsp3) is 0.333. The van der Waals surface area contributed by atoms with Gasteiger partial charge in [0.15, 0.2) is 28.9 Å². The molecule has 14 heteroatoms. The van der Waals surface area contributed by atoms with E-state index in [1.807, 2.05) is 13.8 Å². The van der Waals surface area contributed by atoms with Crippen molar-refractivity contribution in [2.75, 3.05) is 29.1 Å². The van der Waals surface area contributed by atoms with Crippen molar-refractivity contribution in [3.63, 3.8) is 0 Å². The number of nitrogens with two attached hydrogens (primary N) is 1. The van der Waals surface area contributed by atoms with Crippen molar-refractivity contribution >= 4 is 40.1 Å². The number of nitrogen functional groups attached to an aromatic ring is 1. The Morgan fingerprint density at radius 3 is 2.92 bits per heavy atom. The minimum atomic E-state index is -2.20. The molecule has 4 N–H and O–H groups in total. The standard InChI is InChI=1S/C24H26N8O6/c1-13(2)37-19-11-15(12-26-28-19)32-7-6-18(29-32)31-8-9-36-20(22(31)33)24(3,35)23(34)27-14-4-5-16-17(10-14)38-30-21(16)25/h4-7,10-13,20,35H,8-9H2,1-3H3,(H2,25,30)(H,27,34)/t20-,24?/m0/s1. The number of ether oxygens (including phenoxy) is 2. The lowest BCUT2D eigenvalue weighted by Gasteiger charge is -2.37. The molecule has 38 heavy (non-hydrogen) atoms. The molecule has 0 radical (unpaired) electrons. The molecule has 2 atom stereocenters. The summed E-state index contributed by atoms with van der Waals surface area (Å²) < 4.78 is 17.8. The first-order valence-corrected chi connectivity index (χ1v) is 11.8. The fourth-order valence-corrected chi connectivity index (χ4v) is 3.99. The second-order valence-corrected chi connectivity index (χ2v) is 9.16. The average molecular weight is 523 g/mol. The molecule has 0 saturated carbocycles. The molecule has 198 valence electrons. The van der Waals surface area contributed by atoms with Crippen LogP contribution >= 0.6 is 0 Å². The number of benzene rings is 1. The number of hydrogen-bond donors (Lipinski definition) is 3. The van der Waals surface area contributed by atoms with Crippen LogP contribution in [0.25, 0.3) is 16.7 Å². The first-order chi connectivity index (χ1) is 18.1. The molecule has 3 aromatic heterocycles. The number of fused-ring (bicyclic) bond motifs is 1. The number of amides is 2. The molecule has 0 spiro atoms. The van der Waals surface area contributed by atoms with Crippen LogP contribution in [-0.2, 0) is 14.3 Å². The number of anilines is 3.